The number of anilines is 1. The van der Waals surface area contributed by atoms with Gasteiger partial charge in [-0.15, -0.1) is 0 Å². The van der Waals surface area contributed by atoms with Crippen LogP contribution in [0.15, 0.2) is 18.5 Å². The quantitative estimate of drug-likeness (QED) is 0.603. The molecule has 2 atom stereocenters. The van der Waals surface area contributed by atoms with Gasteiger partial charge in [0, 0.05) is 13.0 Å². The van der Waals surface area contributed by atoms with E-state index in [1.807, 2.05) is 12.2 Å². The fourth-order valence-corrected chi connectivity index (χ4v) is 2.76. The van der Waals surface area contributed by atoms with E-state index in [9.17, 15) is 14.4 Å². The zero-order chi connectivity index (χ0) is 14.8. The zero-order valence-corrected chi connectivity index (χ0v) is 11.3. The molecule has 0 spiro atoms. The molecule has 8 heteroatoms. The van der Waals surface area contributed by atoms with E-state index in [0.29, 0.717) is 12.8 Å². The number of hydrogen-bond donors (Lipinski definition) is 2. The molecule has 1 aromatic heterocycles. The molecule has 1 aliphatic carbocycles. The first-order valence-corrected chi connectivity index (χ1v) is 6.82. The van der Waals surface area contributed by atoms with Gasteiger partial charge in [-0.2, -0.15) is 10.1 Å². The van der Waals surface area contributed by atoms with Crippen LogP contribution in [0.4, 0.5) is 5.95 Å². The second-order valence-electron chi connectivity index (χ2n) is 5.12. The summed E-state index contributed by atoms with van der Waals surface area (Å²) in [6.45, 7) is 0.102. The fraction of sp³-hybridized carbons (Fsp3) is 0.462. The normalized spacial score (nSPS) is 24.3. The molecule has 21 heavy (non-hydrogen) atoms. The Morgan fingerprint density at radius 3 is 2.52 bits per heavy atom. The number of likely N-dealkylation sites (tertiary alicyclic amines) is 1. The minimum absolute atomic E-state index is 0.0467. The first-order chi connectivity index (χ1) is 10.2. The largest absolute Gasteiger partial charge is 0.295 e. The molecule has 1 aromatic rings. The van der Waals surface area contributed by atoms with E-state index in [1.54, 1.807) is 0 Å². The predicted octanol–water partition coefficient (Wildman–Crippen LogP) is 0.0845. The third-order valence-electron chi connectivity index (χ3n) is 3.83. The van der Waals surface area contributed by atoms with Crippen LogP contribution in [0.2, 0.25) is 0 Å². The summed E-state index contributed by atoms with van der Waals surface area (Å²) in [6.07, 6.45) is 6.41. The highest BCUT2D eigenvalue weighted by Gasteiger charge is 2.46. The molecule has 1 saturated heterocycles. The number of nitrogens with zero attached hydrogens (tertiary/aromatic N) is 3. The third-order valence-corrected chi connectivity index (χ3v) is 3.83. The number of imide groups is 1. The Bertz CT molecular complexity index is 569. The highest BCUT2D eigenvalue weighted by Crippen LogP contribution is 2.34. The van der Waals surface area contributed by atoms with Gasteiger partial charge in [-0.1, -0.05) is 12.2 Å². The van der Waals surface area contributed by atoms with Crippen molar-refractivity contribution in [3.63, 3.8) is 0 Å². The number of allylic oxidation sites excluding steroid dienone is 2. The van der Waals surface area contributed by atoms with Crippen LogP contribution in [0.3, 0.4) is 0 Å². The number of carbonyl (C=O) groups is 3. The van der Waals surface area contributed by atoms with Crippen LogP contribution >= 0.6 is 0 Å². The average Bonchev–Trinajstić information content (AvgIpc) is 3.07. The van der Waals surface area contributed by atoms with Gasteiger partial charge in [0.2, 0.25) is 23.7 Å². The van der Waals surface area contributed by atoms with Crippen molar-refractivity contribution >= 4 is 23.7 Å². The summed E-state index contributed by atoms with van der Waals surface area (Å²) >= 11 is 0. The standard InChI is InChI=1S/C13H15N5O3/c19-10(16-13-14-7-15-17-13)5-6-18-11(20)8-3-1-2-4-9(8)12(18)21/h1-2,7-9H,3-6H2,(H2,14,15,16,17,19)/t8-,9-/m1/s1. The molecular formula is C13H15N5O3. The lowest BCUT2D eigenvalue weighted by atomic mass is 9.85. The molecule has 0 radical (unpaired) electrons. The first kappa shape index (κ1) is 13.5. The van der Waals surface area contributed by atoms with E-state index in [-0.39, 0.29) is 48.5 Å². The van der Waals surface area contributed by atoms with E-state index in [2.05, 4.69) is 20.5 Å². The number of nitrogens with one attached hydrogen (secondary N) is 2. The van der Waals surface area contributed by atoms with Gasteiger partial charge >= 0.3 is 0 Å². The minimum Gasteiger partial charge on any atom is -0.295 e. The molecule has 0 unspecified atom stereocenters. The number of aromatic nitrogens is 3. The third kappa shape index (κ3) is 2.56. The summed E-state index contributed by atoms with van der Waals surface area (Å²) in [4.78, 5) is 41.1. The Hall–Kier alpha value is -2.51. The molecule has 8 nitrogen and oxygen atoms in total. The Morgan fingerprint density at radius 2 is 1.95 bits per heavy atom. The Kier molecular flexibility index (Phi) is 3.51. The number of hydrogen-bond acceptors (Lipinski definition) is 5. The van der Waals surface area contributed by atoms with Gasteiger partial charge in [0.05, 0.1) is 11.8 Å². The van der Waals surface area contributed by atoms with E-state index in [1.165, 1.54) is 11.2 Å². The lowest BCUT2D eigenvalue weighted by Crippen LogP contribution is -2.34. The number of fused-ring (bicyclic) bond motifs is 1. The second kappa shape index (κ2) is 5.47. The topological polar surface area (TPSA) is 108 Å². The molecule has 2 heterocycles. The highest BCUT2D eigenvalue weighted by atomic mass is 16.2. The van der Waals surface area contributed by atoms with E-state index >= 15 is 0 Å². The van der Waals surface area contributed by atoms with Crippen LogP contribution in [0.25, 0.3) is 0 Å². The van der Waals surface area contributed by atoms with E-state index < -0.39 is 0 Å². The average molecular weight is 289 g/mol. The van der Waals surface area contributed by atoms with Crippen LogP contribution in [0.1, 0.15) is 19.3 Å². The molecule has 3 amide bonds. The smallest absolute Gasteiger partial charge is 0.233 e. The van der Waals surface area contributed by atoms with Gasteiger partial charge in [0.25, 0.3) is 0 Å². The monoisotopic (exact) mass is 289 g/mol. The van der Waals surface area contributed by atoms with Crippen LogP contribution in [-0.2, 0) is 14.4 Å². The van der Waals surface area contributed by atoms with Crippen LogP contribution in [-0.4, -0.2) is 44.3 Å². The van der Waals surface area contributed by atoms with Crippen molar-refractivity contribution in [3.05, 3.63) is 18.5 Å². The predicted molar refractivity (Wildman–Crippen MR) is 71.7 cm³/mol. The number of rotatable bonds is 4. The summed E-state index contributed by atoms with van der Waals surface area (Å²) in [7, 11) is 0. The molecule has 0 aromatic carbocycles. The van der Waals surface area contributed by atoms with Crippen LogP contribution in [0.5, 0.6) is 0 Å². The van der Waals surface area contributed by atoms with Crippen molar-refractivity contribution in [3.8, 4) is 0 Å². The van der Waals surface area contributed by atoms with Crippen molar-refractivity contribution in [2.75, 3.05) is 11.9 Å². The zero-order valence-electron chi connectivity index (χ0n) is 11.3. The number of aromatic amines is 1. The van der Waals surface area contributed by atoms with E-state index in [4.69, 9.17) is 0 Å². The van der Waals surface area contributed by atoms with Gasteiger partial charge < -0.3 is 0 Å². The summed E-state index contributed by atoms with van der Waals surface area (Å²) in [5.74, 6) is -0.902. The second-order valence-corrected chi connectivity index (χ2v) is 5.12. The number of H-pyrrole nitrogens is 1. The summed E-state index contributed by atoms with van der Waals surface area (Å²) in [6, 6.07) is 0. The lowest BCUT2D eigenvalue weighted by molar-refractivity contribution is -0.140. The van der Waals surface area contributed by atoms with Gasteiger partial charge in [0.1, 0.15) is 6.33 Å². The molecule has 3 rings (SSSR count). The molecule has 110 valence electrons. The fourth-order valence-electron chi connectivity index (χ4n) is 2.76. The van der Waals surface area contributed by atoms with Crippen molar-refractivity contribution in [1.82, 2.24) is 20.1 Å². The maximum absolute atomic E-state index is 12.2. The molecule has 0 saturated carbocycles. The van der Waals surface area contributed by atoms with Crippen molar-refractivity contribution in [2.24, 2.45) is 11.8 Å². The molecular weight excluding hydrogens is 274 g/mol. The summed E-state index contributed by atoms with van der Waals surface area (Å²) in [5.41, 5.74) is 0. The first-order valence-electron chi connectivity index (χ1n) is 6.82. The Morgan fingerprint density at radius 1 is 1.29 bits per heavy atom. The maximum Gasteiger partial charge on any atom is 0.233 e. The van der Waals surface area contributed by atoms with Gasteiger partial charge in [-0.25, -0.2) is 5.10 Å². The van der Waals surface area contributed by atoms with Gasteiger partial charge in [-0.05, 0) is 12.8 Å². The summed E-state index contributed by atoms with van der Waals surface area (Å²) in [5, 5.41) is 8.62. The highest BCUT2D eigenvalue weighted by molar-refractivity contribution is 6.05. The lowest BCUT2D eigenvalue weighted by Gasteiger charge is -2.14. The molecule has 2 aliphatic rings. The van der Waals surface area contributed by atoms with Crippen molar-refractivity contribution in [1.29, 1.82) is 0 Å². The van der Waals surface area contributed by atoms with Crippen molar-refractivity contribution in [2.45, 2.75) is 19.3 Å². The van der Waals surface area contributed by atoms with Gasteiger partial charge in [-0.3, -0.25) is 24.6 Å². The molecule has 0 bridgehead atoms. The maximum atomic E-state index is 12.2. The Balaban J connectivity index is 1.57. The molecule has 1 aliphatic heterocycles. The Labute approximate surface area is 120 Å². The van der Waals surface area contributed by atoms with Gasteiger partial charge in [0.15, 0.2) is 0 Å². The molecule has 2 N–H and O–H groups in total. The SMILES string of the molecule is O=C(CCN1C(=O)[C@@H]2CC=CC[C@H]2C1=O)Nc1ncn[nH]1. The number of amides is 3. The van der Waals surface area contributed by atoms with Crippen LogP contribution in [0, 0.1) is 11.8 Å². The molecule has 1 fully saturated rings. The minimum atomic E-state index is -0.319. The van der Waals surface area contributed by atoms with Crippen LogP contribution < -0.4 is 5.32 Å². The van der Waals surface area contributed by atoms with Crippen molar-refractivity contribution < 1.29 is 14.4 Å². The summed E-state index contributed by atoms with van der Waals surface area (Å²) < 4.78 is 0. The van der Waals surface area contributed by atoms with E-state index in [0.717, 1.165) is 0 Å². The number of carbonyl (C=O) groups excluding carboxylic acids is 3.